The van der Waals surface area contributed by atoms with E-state index in [0.717, 1.165) is 43.5 Å². The van der Waals surface area contributed by atoms with Crippen molar-refractivity contribution < 1.29 is 4.79 Å². The van der Waals surface area contributed by atoms with Crippen LogP contribution in [-0.2, 0) is 0 Å². The number of carbonyl (C=O) groups is 1. The van der Waals surface area contributed by atoms with Gasteiger partial charge in [-0.2, -0.15) is 0 Å². The number of piperidine rings is 1. The predicted octanol–water partition coefficient (Wildman–Crippen LogP) is 2.24. The van der Waals surface area contributed by atoms with Gasteiger partial charge in [-0.05, 0) is 60.8 Å². The predicted molar refractivity (Wildman–Crippen MR) is 75.7 cm³/mol. The summed E-state index contributed by atoms with van der Waals surface area (Å²) in [6.07, 6.45) is 4.13. The second kappa shape index (κ2) is 6.38. The topological polar surface area (TPSA) is 48.1 Å². The van der Waals surface area contributed by atoms with Gasteiger partial charge >= 0.3 is 0 Å². The van der Waals surface area contributed by atoms with Crippen molar-refractivity contribution in [2.24, 2.45) is 5.92 Å². The maximum absolute atomic E-state index is 12.3. The standard InChI is InChI=1S/C13H20BrN3O/c1-2-17(9-10-3-5-15-6-4-10)13(18)12-7-11(14)8-16-12/h7-8,10,15-16H,2-6,9H2,1H3. The zero-order valence-corrected chi connectivity index (χ0v) is 12.3. The molecule has 1 aromatic rings. The Bertz CT molecular complexity index is 399. The van der Waals surface area contributed by atoms with Crippen LogP contribution in [0.25, 0.3) is 0 Å². The normalized spacial score (nSPS) is 16.8. The third-order valence-corrected chi connectivity index (χ3v) is 3.94. The monoisotopic (exact) mass is 313 g/mol. The Kier molecular flexibility index (Phi) is 4.83. The number of rotatable bonds is 4. The van der Waals surface area contributed by atoms with E-state index in [4.69, 9.17) is 0 Å². The molecule has 5 heteroatoms. The minimum absolute atomic E-state index is 0.0988. The van der Waals surface area contributed by atoms with Gasteiger partial charge in [0.2, 0.25) is 0 Å². The minimum Gasteiger partial charge on any atom is -0.356 e. The molecule has 1 fully saturated rings. The molecule has 0 unspecified atom stereocenters. The summed E-state index contributed by atoms with van der Waals surface area (Å²) in [5.41, 5.74) is 0.664. The quantitative estimate of drug-likeness (QED) is 0.895. The lowest BCUT2D eigenvalue weighted by molar-refractivity contribution is 0.0721. The number of hydrogen-bond acceptors (Lipinski definition) is 2. The van der Waals surface area contributed by atoms with E-state index in [2.05, 4.69) is 26.2 Å². The highest BCUT2D eigenvalue weighted by Crippen LogP contribution is 2.16. The average Bonchev–Trinajstić information content (AvgIpc) is 2.83. The van der Waals surface area contributed by atoms with E-state index in [1.807, 2.05) is 17.9 Å². The molecular weight excluding hydrogens is 294 g/mol. The summed E-state index contributed by atoms with van der Waals surface area (Å²) in [7, 11) is 0. The molecule has 1 aromatic heterocycles. The third-order valence-electron chi connectivity index (χ3n) is 3.48. The van der Waals surface area contributed by atoms with Gasteiger partial charge in [-0.3, -0.25) is 4.79 Å². The highest BCUT2D eigenvalue weighted by atomic mass is 79.9. The molecule has 1 saturated heterocycles. The molecule has 2 N–H and O–H groups in total. The number of hydrogen-bond donors (Lipinski definition) is 2. The van der Waals surface area contributed by atoms with Crippen LogP contribution < -0.4 is 5.32 Å². The van der Waals surface area contributed by atoms with E-state index in [9.17, 15) is 4.79 Å². The first-order chi connectivity index (χ1) is 8.70. The van der Waals surface area contributed by atoms with E-state index < -0.39 is 0 Å². The molecule has 0 aliphatic carbocycles. The van der Waals surface area contributed by atoms with Crippen LogP contribution in [0.5, 0.6) is 0 Å². The molecule has 0 spiro atoms. The van der Waals surface area contributed by atoms with Crippen molar-refractivity contribution in [3.63, 3.8) is 0 Å². The van der Waals surface area contributed by atoms with Gasteiger partial charge in [0.05, 0.1) is 0 Å². The maximum atomic E-state index is 12.3. The van der Waals surface area contributed by atoms with E-state index in [0.29, 0.717) is 11.6 Å². The molecular formula is C13H20BrN3O. The summed E-state index contributed by atoms with van der Waals surface area (Å²) in [6, 6.07) is 1.84. The van der Waals surface area contributed by atoms with Crippen LogP contribution in [0.3, 0.4) is 0 Å². The van der Waals surface area contributed by atoms with Crippen LogP contribution in [-0.4, -0.2) is 42.0 Å². The van der Waals surface area contributed by atoms with E-state index >= 15 is 0 Å². The number of halogens is 1. The van der Waals surface area contributed by atoms with Gasteiger partial charge in [0.25, 0.3) is 5.91 Å². The highest BCUT2D eigenvalue weighted by molar-refractivity contribution is 9.10. The lowest BCUT2D eigenvalue weighted by Gasteiger charge is -2.29. The number of amides is 1. The molecule has 18 heavy (non-hydrogen) atoms. The number of nitrogens with zero attached hydrogens (tertiary/aromatic N) is 1. The average molecular weight is 314 g/mol. The lowest BCUT2D eigenvalue weighted by Crippen LogP contribution is -2.39. The van der Waals surface area contributed by atoms with Crippen molar-refractivity contribution in [2.45, 2.75) is 19.8 Å². The first-order valence-electron chi connectivity index (χ1n) is 6.54. The molecule has 2 rings (SSSR count). The van der Waals surface area contributed by atoms with E-state index in [1.165, 1.54) is 0 Å². The van der Waals surface area contributed by atoms with Gasteiger partial charge in [0, 0.05) is 23.8 Å². The Balaban J connectivity index is 1.97. The maximum Gasteiger partial charge on any atom is 0.270 e. The summed E-state index contributed by atoms with van der Waals surface area (Å²) in [5.74, 6) is 0.732. The Morgan fingerprint density at radius 2 is 2.22 bits per heavy atom. The fourth-order valence-electron chi connectivity index (χ4n) is 2.39. The minimum atomic E-state index is 0.0988. The molecule has 100 valence electrons. The molecule has 0 saturated carbocycles. The SMILES string of the molecule is CCN(CC1CCNCC1)C(=O)c1cc(Br)c[nH]1. The smallest absolute Gasteiger partial charge is 0.270 e. The van der Waals surface area contributed by atoms with Crippen LogP contribution in [0, 0.1) is 5.92 Å². The van der Waals surface area contributed by atoms with Crippen molar-refractivity contribution >= 4 is 21.8 Å². The Morgan fingerprint density at radius 3 is 2.78 bits per heavy atom. The Labute approximate surface area is 116 Å². The molecule has 1 amide bonds. The second-order valence-electron chi connectivity index (χ2n) is 4.77. The second-order valence-corrected chi connectivity index (χ2v) is 5.68. The summed E-state index contributed by atoms with van der Waals surface area (Å²) in [4.78, 5) is 17.3. The number of aromatic nitrogens is 1. The van der Waals surface area contributed by atoms with Crippen LogP contribution in [0.2, 0.25) is 0 Å². The van der Waals surface area contributed by atoms with Crippen molar-refractivity contribution in [2.75, 3.05) is 26.2 Å². The molecule has 2 heterocycles. The van der Waals surface area contributed by atoms with Crippen molar-refractivity contribution in [1.82, 2.24) is 15.2 Å². The van der Waals surface area contributed by atoms with Gasteiger partial charge in [0.1, 0.15) is 5.69 Å². The van der Waals surface area contributed by atoms with Crippen molar-refractivity contribution in [3.8, 4) is 0 Å². The number of aromatic amines is 1. The molecule has 1 aliphatic heterocycles. The van der Waals surface area contributed by atoms with Crippen LogP contribution in [0.1, 0.15) is 30.3 Å². The fraction of sp³-hybridized carbons (Fsp3) is 0.615. The van der Waals surface area contributed by atoms with Gasteiger partial charge in [0.15, 0.2) is 0 Å². The van der Waals surface area contributed by atoms with Gasteiger partial charge in [-0.15, -0.1) is 0 Å². The molecule has 0 atom stereocenters. The summed E-state index contributed by atoms with van der Waals surface area (Å²) in [6.45, 7) is 5.82. The van der Waals surface area contributed by atoms with Gasteiger partial charge in [-0.25, -0.2) is 0 Å². The molecule has 0 radical (unpaired) electrons. The largest absolute Gasteiger partial charge is 0.356 e. The highest BCUT2D eigenvalue weighted by Gasteiger charge is 2.21. The zero-order valence-electron chi connectivity index (χ0n) is 10.7. The number of H-pyrrole nitrogens is 1. The van der Waals surface area contributed by atoms with Crippen LogP contribution in [0.4, 0.5) is 0 Å². The van der Waals surface area contributed by atoms with E-state index in [1.54, 1.807) is 6.20 Å². The third kappa shape index (κ3) is 3.36. The number of nitrogens with one attached hydrogen (secondary N) is 2. The first-order valence-corrected chi connectivity index (χ1v) is 7.34. The Hall–Kier alpha value is -0.810. The van der Waals surface area contributed by atoms with Crippen molar-refractivity contribution in [1.29, 1.82) is 0 Å². The first kappa shape index (κ1) is 13.6. The molecule has 4 nitrogen and oxygen atoms in total. The zero-order chi connectivity index (χ0) is 13.0. The van der Waals surface area contributed by atoms with Crippen LogP contribution >= 0.6 is 15.9 Å². The molecule has 0 bridgehead atoms. The lowest BCUT2D eigenvalue weighted by atomic mass is 9.97. The number of carbonyl (C=O) groups excluding carboxylic acids is 1. The van der Waals surface area contributed by atoms with Gasteiger partial charge in [-0.1, -0.05) is 0 Å². The summed E-state index contributed by atoms with van der Waals surface area (Å²) < 4.78 is 0.920. The molecule has 0 aromatic carbocycles. The van der Waals surface area contributed by atoms with Crippen LogP contribution in [0.15, 0.2) is 16.7 Å². The molecule has 1 aliphatic rings. The summed E-state index contributed by atoms with van der Waals surface area (Å²) >= 11 is 3.36. The van der Waals surface area contributed by atoms with Crippen molar-refractivity contribution in [3.05, 3.63) is 22.4 Å². The Morgan fingerprint density at radius 1 is 1.50 bits per heavy atom. The fourth-order valence-corrected chi connectivity index (χ4v) is 2.74. The summed E-state index contributed by atoms with van der Waals surface area (Å²) in [5, 5.41) is 3.35. The van der Waals surface area contributed by atoms with Gasteiger partial charge < -0.3 is 15.2 Å². The van der Waals surface area contributed by atoms with E-state index in [-0.39, 0.29) is 5.91 Å².